The lowest BCUT2D eigenvalue weighted by Gasteiger charge is -2.40. The molecule has 36 heavy (non-hydrogen) atoms. The Hall–Kier alpha value is -3.66. The summed E-state index contributed by atoms with van der Waals surface area (Å²) in [7, 11) is 2.88. The highest BCUT2D eigenvalue weighted by Gasteiger charge is 2.53. The van der Waals surface area contributed by atoms with Crippen molar-refractivity contribution in [2.24, 2.45) is 11.8 Å². The van der Waals surface area contributed by atoms with Crippen molar-refractivity contribution in [3.63, 3.8) is 0 Å². The first-order chi connectivity index (χ1) is 17.4. The third kappa shape index (κ3) is 3.85. The lowest BCUT2D eigenvalue weighted by molar-refractivity contribution is -0.141. The lowest BCUT2D eigenvalue weighted by Crippen LogP contribution is -2.46. The van der Waals surface area contributed by atoms with Crippen LogP contribution in [-0.2, 0) is 14.3 Å². The molecule has 3 aliphatic rings. The highest BCUT2D eigenvalue weighted by atomic mass is 16.7. The van der Waals surface area contributed by atoms with Crippen LogP contribution in [0.2, 0.25) is 0 Å². The van der Waals surface area contributed by atoms with Gasteiger partial charge in [0.25, 0.3) is 0 Å². The smallest absolute Gasteiger partial charge is 0.320 e. The van der Waals surface area contributed by atoms with E-state index in [1.165, 1.54) is 14.2 Å². The summed E-state index contributed by atoms with van der Waals surface area (Å²) < 4.78 is 27.6. The van der Waals surface area contributed by atoms with Gasteiger partial charge in [-0.25, -0.2) is 0 Å². The number of hydrogen-bond acceptors (Lipinski definition) is 9. The summed E-state index contributed by atoms with van der Waals surface area (Å²) in [5.41, 5.74) is 2.29. The van der Waals surface area contributed by atoms with Gasteiger partial charge in [0.1, 0.15) is 6.04 Å². The van der Waals surface area contributed by atoms with Gasteiger partial charge in [0, 0.05) is 17.9 Å². The second-order valence-electron chi connectivity index (χ2n) is 9.23. The highest BCUT2D eigenvalue weighted by Crippen LogP contribution is 2.55. The topological polar surface area (TPSA) is 133 Å². The Bertz CT molecular complexity index is 1170. The van der Waals surface area contributed by atoms with Crippen LogP contribution in [0.5, 0.6) is 28.7 Å². The van der Waals surface area contributed by atoms with Crippen LogP contribution in [0, 0.1) is 11.8 Å². The molecular formula is C26H29NO9. The first-order valence-corrected chi connectivity index (χ1v) is 11.9. The molecule has 0 radical (unpaired) electrons. The standard InChI is InChI=1S/C26H29NO9/c1-4-5-16(25(29)30)27-23-14-9-18-17(35-11-36-18)8-13(14)21(22-15(23)10-34-26(22)31)12-6-19(32-2)24(28)20(7-12)33-3/h6-9,15-16,21-23,27-28H,4-5,10-11H2,1-3H3,(H,29,30)/t15-,16?,21+,22-,23+/m0/s1. The van der Waals surface area contributed by atoms with Crippen LogP contribution in [-0.4, -0.2) is 55.8 Å². The number of benzene rings is 2. The predicted molar refractivity (Wildman–Crippen MR) is 126 cm³/mol. The molecule has 2 heterocycles. The Morgan fingerprint density at radius 3 is 2.31 bits per heavy atom. The molecule has 5 rings (SSSR count). The average Bonchev–Trinajstić information content (AvgIpc) is 3.49. The lowest BCUT2D eigenvalue weighted by atomic mass is 9.65. The molecule has 0 saturated carbocycles. The Kier molecular flexibility index (Phi) is 6.29. The fourth-order valence-corrected chi connectivity index (χ4v) is 5.65. The number of carboxylic acids is 1. The van der Waals surface area contributed by atoms with Gasteiger partial charge >= 0.3 is 11.9 Å². The number of esters is 1. The van der Waals surface area contributed by atoms with E-state index in [4.69, 9.17) is 23.7 Å². The zero-order valence-electron chi connectivity index (χ0n) is 20.3. The summed E-state index contributed by atoms with van der Waals surface area (Å²) in [6.45, 7) is 2.15. The van der Waals surface area contributed by atoms with Crippen molar-refractivity contribution >= 4 is 11.9 Å². The van der Waals surface area contributed by atoms with Gasteiger partial charge in [0.05, 0.1) is 26.7 Å². The molecule has 2 aliphatic heterocycles. The van der Waals surface area contributed by atoms with Gasteiger partial charge in [-0.3, -0.25) is 14.9 Å². The number of ether oxygens (including phenoxy) is 5. The Morgan fingerprint density at radius 2 is 1.72 bits per heavy atom. The number of fused-ring (bicyclic) bond motifs is 3. The van der Waals surface area contributed by atoms with Crippen molar-refractivity contribution in [2.75, 3.05) is 27.6 Å². The number of rotatable bonds is 8. The zero-order valence-corrected chi connectivity index (χ0v) is 20.3. The van der Waals surface area contributed by atoms with Gasteiger partial charge in [0.15, 0.2) is 23.0 Å². The summed E-state index contributed by atoms with van der Waals surface area (Å²) in [5.74, 6) is -1.35. The fraction of sp³-hybridized carbons (Fsp3) is 0.462. The average molecular weight is 500 g/mol. The van der Waals surface area contributed by atoms with Crippen LogP contribution in [0.1, 0.15) is 48.4 Å². The number of aliphatic carboxylic acids is 1. The van der Waals surface area contributed by atoms with E-state index in [1.807, 2.05) is 19.1 Å². The van der Waals surface area contributed by atoms with Crippen molar-refractivity contribution in [1.82, 2.24) is 5.32 Å². The van der Waals surface area contributed by atoms with Gasteiger partial charge in [0.2, 0.25) is 12.5 Å². The van der Waals surface area contributed by atoms with E-state index in [-0.39, 0.29) is 42.5 Å². The first-order valence-electron chi connectivity index (χ1n) is 11.9. The molecule has 10 nitrogen and oxygen atoms in total. The minimum atomic E-state index is -0.948. The fourth-order valence-electron chi connectivity index (χ4n) is 5.65. The molecule has 1 aliphatic carbocycles. The Labute approximate surface area is 208 Å². The van der Waals surface area contributed by atoms with Gasteiger partial charge in [-0.1, -0.05) is 13.3 Å². The van der Waals surface area contributed by atoms with Crippen LogP contribution in [0.15, 0.2) is 24.3 Å². The van der Waals surface area contributed by atoms with Gasteiger partial charge in [-0.05, 0) is 47.4 Å². The van der Waals surface area contributed by atoms with Gasteiger partial charge < -0.3 is 33.9 Å². The molecule has 1 fully saturated rings. The van der Waals surface area contributed by atoms with Crippen LogP contribution in [0.25, 0.3) is 0 Å². The number of phenolic OH excluding ortho intramolecular Hbond substituents is 1. The summed E-state index contributed by atoms with van der Waals surface area (Å²) >= 11 is 0. The predicted octanol–water partition coefficient (Wildman–Crippen LogP) is 2.96. The van der Waals surface area contributed by atoms with Crippen molar-refractivity contribution in [2.45, 2.75) is 37.8 Å². The van der Waals surface area contributed by atoms with Crippen molar-refractivity contribution in [1.29, 1.82) is 0 Å². The van der Waals surface area contributed by atoms with Crippen molar-refractivity contribution in [3.8, 4) is 28.7 Å². The minimum Gasteiger partial charge on any atom is -0.502 e. The van der Waals surface area contributed by atoms with Gasteiger partial charge in [-0.2, -0.15) is 0 Å². The molecule has 192 valence electrons. The molecule has 2 aromatic carbocycles. The van der Waals surface area contributed by atoms with E-state index >= 15 is 0 Å². The van der Waals surface area contributed by atoms with Crippen LogP contribution in [0.4, 0.5) is 0 Å². The van der Waals surface area contributed by atoms with Crippen LogP contribution < -0.4 is 24.3 Å². The molecule has 10 heteroatoms. The summed E-state index contributed by atoms with van der Waals surface area (Å²) in [4.78, 5) is 25.2. The monoisotopic (exact) mass is 499 g/mol. The number of carboxylic acid groups (broad SMARTS) is 1. The number of carbonyl (C=O) groups is 2. The number of carbonyl (C=O) groups excluding carboxylic acids is 1. The molecule has 3 N–H and O–H groups in total. The third-order valence-corrected chi connectivity index (χ3v) is 7.30. The number of nitrogens with one attached hydrogen (secondary N) is 1. The summed E-state index contributed by atoms with van der Waals surface area (Å²) in [6, 6.07) is 5.83. The SMILES string of the molecule is CCCC(N[C@@H]1c2cc3c(cc2[C@@H](c2cc(OC)c(O)c(OC)c2)[C@H]2C(=O)OC[C@@H]21)OCO3)C(=O)O. The Morgan fingerprint density at radius 1 is 1.08 bits per heavy atom. The summed E-state index contributed by atoms with van der Waals surface area (Å²) in [5, 5.41) is 23.6. The third-order valence-electron chi connectivity index (χ3n) is 7.30. The van der Waals surface area contributed by atoms with Crippen LogP contribution in [0.3, 0.4) is 0 Å². The first kappa shape index (κ1) is 24.1. The molecule has 0 aromatic heterocycles. The second-order valence-corrected chi connectivity index (χ2v) is 9.23. The molecule has 0 amide bonds. The molecule has 2 aromatic rings. The zero-order chi connectivity index (χ0) is 25.6. The molecule has 0 spiro atoms. The number of hydrogen-bond donors (Lipinski definition) is 3. The van der Waals surface area contributed by atoms with Crippen LogP contribution >= 0.6 is 0 Å². The number of cyclic esters (lactones) is 1. The number of methoxy groups -OCH3 is 2. The van der Waals surface area contributed by atoms with E-state index < -0.39 is 29.9 Å². The second kappa shape index (κ2) is 9.42. The highest BCUT2D eigenvalue weighted by molar-refractivity contribution is 5.79. The maximum atomic E-state index is 13.2. The minimum absolute atomic E-state index is 0.0737. The van der Waals surface area contributed by atoms with Crippen molar-refractivity contribution in [3.05, 3.63) is 41.0 Å². The largest absolute Gasteiger partial charge is 0.502 e. The van der Waals surface area contributed by atoms with E-state index in [0.717, 1.165) is 11.1 Å². The maximum Gasteiger partial charge on any atom is 0.320 e. The molecular weight excluding hydrogens is 470 g/mol. The van der Waals surface area contributed by atoms with Gasteiger partial charge in [-0.15, -0.1) is 0 Å². The normalized spacial score (nSPS) is 24.5. The molecule has 0 bridgehead atoms. The quantitative estimate of drug-likeness (QED) is 0.466. The van der Waals surface area contributed by atoms with E-state index in [1.54, 1.807) is 12.1 Å². The molecule has 1 saturated heterocycles. The van der Waals surface area contributed by atoms with E-state index in [0.29, 0.717) is 29.9 Å². The number of aromatic hydroxyl groups is 1. The number of phenols is 1. The molecule has 1 unspecified atom stereocenters. The molecule has 5 atom stereocenters. The van der Waals surface area contributed by atoms with Crippen molar-refractivity contribution < 1.29 is 43.5 Å². The summed E-state index contributed by atoms with van der Waals surface area (Å²) in [6.07, 6.45) is 1.12. The van der Waals surface area contributed by atoms with E-state index in [9.17, 15) is 19.8 Å². The maximum absolute atomic E-state index is 13.2. The Balaban J connectivity index is 1.70. The van der Waals surface area contributed by atoms with E-state index in [2.05, 4.69) is 5.32 Å².